The molecule has 136 valence electrons. The number of carbonyl (C=O) groups is 1. The van der Waals surface area contributed by atoms with Crippen LogP contribution in [0.3, 0.4) is 0 Å². The fraction of sp³-hybridized carbons (Fsp3) is 0.562. The molecule has 1 aromatic carbocycles. The monoisotopic (exact) mass is 382 g/mol. The van der Waals surface area contributed by atoms with Crippen molar-refractivity contribution in [2.45, 2.75) is 50.8 Å². The van der Waals surface area contributed by atoms with E-state index in [0.717, 1.165) is 17.2 Å². The summed E-state index contributed by atoms with van der Waals surface area (Å²) < 4.78 is 35.0. The number of hydrogen-bond acceptors (Lipinski definition) is 6. The van der Waals surface area contributed by atoms with Crippen molar-refractivity contribution in [1.29, 1.82) is 0 Å². The van der Waals surface area contributed by atoms with Gasteiger partial charge in [0.1, 0.15) is 11.0 Å². The summed E-state index contributed by atoms with van der Waals surface area (Å²) in [7, 11) is -3.27. The highest BCUT2D eigenvalue weighted by Crippen LogP contribution is 2.28. The summed E-state index contributed by atoms with van der Waals surface area (Å²) in [6.07, 6.45) is 2.68. The average molecular weight is 383 g/mol. The maximum atomic E-state index is 12.5. The zero-order chi connectivity index (χ0) is 18.0. The molecule has 3 rings (SSSR count). The molecule has 0 saturated heterocycles. The zero-order valence-corrected chi connectivity index (χ0v) is 15.9. The Labute approximate surface area is 151 Å². The van der Waals surface area contributed by atoms with Crippen molar-refractivity contribution < 1.29 is 13.2 Å². The Morgan fingerprint density at radius 1 is 1.20 bits per heavy atom. The first-order valence-electron chi connectivity index (χ1n) is 8.40. The molecule has 2 aromatic rings. The van der Waals surface area contributed by atoms with Gasteiger partial charge in [0.05, 0.1) is 22.7 Å². The number of nitrogens with one attached hydrogen (secondary N) is 2. The normalized spacial score (nSPS) is 21.6. The second-order valence-electron chi connectivity index (χ2n) is 6.69. The summed E-state index contributed by atoms with van der Waals surface area (Å²) >= 11 is 1.12. The zero-order valence-electron chi connectivity index (χ0n) is 14.2. The largest absolute Gasteiger partial charge is 0.324 e. The van der Waals surface area contributed by atoms with Gasteiger partial charge in [-0.2, -0.15) is 8.75 Å². The Morgan fingerprint density at radius 2 is 1.92 bits per heavy atom. The molecule has 1 amide bonds. The maximum absolute atomic E-state index is 12.5. The molecule has 0 atom stereocenters. The summed E-state index contributed by atoms with van der Waals surface area (Å²) in [5.74, 6) is -0.146. The lowest BCUT2D eigenvalue weighted by Crippen LogP contribution is -2.42. The number of carbonyl (C=O) groups excluding carboxylic acids is 1. The minimum Gasteiger partial charge on any atom is -0.324 e. The Kier molecular flexibility index (Phi) is 5.35. The second kappa shape index (κ2) is 7.35. The van der Waals surface area contributed by atoms with Gasteiger partial charge in [0, 0.05) is 12.0 Å². The number of aromatic nitrogens is 2. The smallest absolute Gasteiger partial charge is 0.227 e. The third kappa shape index (κ3) is 4.16. The lowest BCUT2D eigenvalue weighted by molar-refractivity contribution is -0.120. The van der Waals surface area contributed by atoms with Crippen molar-refractivity contribution in [3.8, 4) is 0 Å². The summed E-state index contributed by atoms with van der Waals surface area (Å²) in [5, 5.41) is 2.50. The molecule has 0 aliphatic heterocycles. The van der Waals surface area contributed by atoms with E-state index in [1.54, 1.807) is 13.8 Å². The number of anilines is 1. The van der Waals surface area contributed by atoms with E-state index in [2.05, 4.69) is 18.8 Å². The van der Waals surface area contributed by atoms with Crippen LogP contribution in [0.25, 0.3) is 11.0 Å². The topological polar surface area (TPSA) is 101 Å². The summed E-state index contributed by atoms with van der Waals surface area (Å²) in [5.41, 5.74) is 2.16. The second-order valence-corrected chi connectivity index (χ2v) is 9.48. The van der Waals surface area contributed by atoms with Gasteiger partial charge in [0.25, 0.3) is 0 Å². The first-order valence-corrected chi connectivity index (χ1v) is 10.7. The van der Waals surface area contributed by atoms with E-state index >= 15 is 0 Å². The molecule has 1 aliphatic carbocycles. The van der Waals surface area contributed by atoms with Crippen LogP contribution in [-0.2, 0) is 14.8 Å². The summed E-state index contributed by atoms with van der Waals surface area (Å²) in [4.78, 5) is 12.5. The molecule has 0 unspecified atom stereocenters. The maximum Gasteiger partial charge on any atom is 0.227 e. The van der Waals surface area contributed by atoms with Crippen LogP contribution >= 0.6 is 11.7 Å². The Morgan fingerprint density at radius 3 is 2.60 bits per heavy atom. The van der Waals surface area contributed by atoms with Crippen molar-refractivity contribution in [2.24, 2.45) is 5.92 Å². The van der Waals surface area contributed by atoms with Gasteiger partial charge in [-0.15, -0.1) is 0 Å². The highest BCUT2D eigenvalue weighted by molar-refractivity contribution is 7.90. The van der Waals surface area contributed by atoms with Gasteiger partial charge in [0.2, 0.25) is 15.9 Å². The van der Waals surface area contributed by atoms with E-state index in [4.69, 9.17) is 0 Å². The van der Waals surface area contributed by atoms with Gasteiger partial charge in [-0.3, -0.25) is 4.79 Å². The molecular formula is C16H22N4O3S2. The minimum atomic E-state index is -3.27. The van der Waals surface area contributed by atoms with Gasteiger partial charge in [-0.25, -0.2) is 13.1 Å². The van der Waals surface area contributed by atoms with Gasteiger partial charge < -0.3 is 5.32 Å². The quantitative estimate of drug-likeness (QED) is 0.827. The summed E-state index contributed by atoms with van der Waals surface area (Å²) in [6.45, 7) is 3.32. The Hall–Kier alpha value is -1.58. The molecule has 2 N–H and O–H groups in total. The number of nitrogens with zero attached hydrogens (tertiary/aromatic N) is 2. The average Bonchev–Trinajstić information content (AvgIpc) is 3.04. The fourth-order valence-corrected chi connectivity index (χ4v) is 4.51. The number of rotatable bonds is 5. The fourth-order valence-electron chi connectivity index (χ4n) is 2.98. The van der Waals surface area contributed by atoms with Gasteiger partial charge in [-0.1, -0.05) is 6.07 Å². The van der Waals surface area contributed by atoms with Crippen LogP contribution in [0, 0.1) is 5.92 Å². The molecule has 25 heavy (non-hydrogen) atoms. The van der Waals surface area contributed by atoms with Crippen molar-refractivity contribution in [1.82, 2.24) is 13.5 Å². The lowest BCUT2D eigenvalue weighted by Gasteiger charge is -2.28. The van der Waals surface area contributed by atoms with Gasteiger partial charge >= 0.3 is 0 Å². The summed E-state index contributed by atoms with van der Waals surface area (Å²) in [6, 6.07) is 5.45. The van der Waals surface area contributed by atoms with Crippen molar-refractivity contribution in [3.63, 3.8) is 0 Å². The predicted molar refractivity (Wildman–Crippen MR) is 99.0 cm³/mol. The van der Waals surface area contributed by atoms with Crippen LogP contribution in [0.5, 0.6) is 0 Å². The number of fused-ring (bicyclic) bond motifs is 1. The lowest BCUT2D eigenvalue weighted by atomic mass is 9.86. The highest BCUT2D eigenvalue weighted by Gasteiger charge is 2.29. The van der Waals surface area contributed by atoms with E-state index in [9.17, 15) is 13.2 Å². The molecule has 1 fully saturated rings. The third-order valence-corrected chi connectivity index (χ3v) is 7.04. The first kappa shape index (κ1) is 18.2. The van der Waals surface area contributed by atoms with Gasteiger partial charge in [-0.05, 0) is 51.7 Å². The number of hydrogen-bond donors (Lipinski definition) is 2. The molecule has 0 spiro atoms. The third-order valence-electron chi connectivity index (χ3n) is 4.59. The molecule has 9 heteroatoms. The van der Waals surface area contributed by atoms with E-state index < -0.39 is 15.3 Å². The van der Waals surface area contributed by atoms with Crippen LogP contribution in [0.15, 0.2) is 18.2 Å². The van der Waals surface area contributed by atoms with Crippen LogP contribution in [0.4, 0.5) is 5.69 Å². The van der Waals surface area contributed by atoms with Crippen molar-refractivity contribution >= 4 is 44.4 Å². The SMILES string of the molecule is CC(C)S(=O)(=O)NC1CCC(C(=O)Nc2cccc3nsnc23)CC1. The Bertz CT molecular complexity index is 855. The predicted octanol–water partition coefficient (Wildman–Crippen LogP) is 2.52. The molecule has 0 bridgehead atoms. The molecule has 1 saturated carbocycles. The standard InChI is InChI=1S/C16H22N4O3S2/c1-10(2)25(22,23)20-12-8-6-11(7-9-12)16(21)17-13-4-3-5-14-15(13)19-24-18-14/h3-5,10-12,20H,6-9H2,1-2H3,(H,17,21). The molecular weight excluding hydrogens is 360 g/mol. The number of sulfonamides is 1. The molecule has 1 aliphatic rings. The minimum absolute atomic E-state index is 0.0364. The van der Waals surface area contributed by atoms with Crippen LogP contribution in [0.2, 0.25) is 0 Å². The van der Waals surface area contributed by atoms with Crippen LogP contribution in [0.1, 0.15) is 39.5 Å². The first-order chi connectivity index (χ1) is 11.9. The van der Waals surface area contributed by atoms with E-state index in [-0.39, 0.29) is 17.9 Å². The number of benzene rings is 1. The molecule has 1 heterocycles. The van der Waals surface area contributed by atoms with Crippen molar-refractivity contribution in [2.75, 3.05) is 5.32 Å². The van der Waals surface area contributed by atoms with Crippen LogP contribution in [-0.4, -0.2) is 34.4 Å². The van der Waals surface area contributed by atoms with E-state index in [0.29, 0.717) is 36.9 Å². The van der Waals surface area contributed by atoms with Crippen molar-refractivity contribution in [3.05, 3.63) is 18.2 Å². The van der Waals surface area contributed by atoms with Gasteiger partial charge in [0.15, 0.2) is 0 Å². The molecule has 7 nitrogen and oxygen atoms in total. The highest BCUT2D eigenvalue weighted by atomic mass is 32.2. The molecule has 1 aromatic heterocycles. The van der Waals surface area contributed by atoms with E-state index in [1.165, 1.54) is 0 Å². The number of amides is 1. The van der Waals surface area contributed by atoms with E-state index in [1.807, 2.05) is 18.2 Å². The Balaban J connectivity index is 1.58. The molecule has 0 radical (unpaired) electrons. The van der Waals surface area contributed by atoms with Crippen LogP contribution < -0.4 is 10.0 Å².